The van der Waals surface area contributed by atoms with Gasteiger partial charge in [0.15, 0.2) is 0 Å². The second kappa shape index (κ2) is 4.34. The number of hydrogen-bond donors (Lipinski definition) is 1. The van der Waals surface area contributed by atoms with Crippen molar-refractivity contribution in [2.75, 3.05) is 0 Å². The van der Waals surface area contributed by atoms with E-state index in [1.807, 2.05) is 17.5 Å². The molecule has 0 aliphatic carbocycles. The van der Waals surface area contributed by atoms with Crippen LogP contribution in [0.4, 0.5) is 0 Å². The maximum absolute atomic E-state index is 9.76. The molecule has 1 atom stereocenters. The van der Waals surface area contributed by atoms with Gasteiger partial charge in [0.1, 0.15) is 12.7 Å². The summed E-state index contributed by atoms with van der Waals surface area (Å²) in [5.74, 6) is 0. The van der Waals surface area contributed by atoms with Crippen LogP contribution in [0.2, 0.25) is 0 Å². The first-order valence-electron chi connectivity index (χ1n) is 4.40. The Balaban J connectivity index is 1.87. The lowest BCUT2D eigenvalue weighted by Gasteiger charge is -2.07. The highest BCUT2D eigenvalue weighted by atomic mass is 32.1. The molecule has 2 rings (SSSR count). The number of nitrogens with zero attached hydrogens (tertiary/aromatic N) is 3. The minimum atomic E-state index is -0.390. The second-order valence-corrected chi connectivity index (χ2v) is 3.96. The molecule has 0 amide bonds. The van der Waals surface area contributed by atoms with Crippen LogP contribution in [0.5, 0.6) is 0 Å². The normalized spacial score (nSPS) is 12.9. The topological polar surface area (TPSA) is 50.9 Å². The van der Waals surface area contributed by atoms with E-state index in [9.17, 15) is 5.11 Å². The Labute approximate surface area is 85.8 Å². The van der Waals surface area contributed by atoms with Crippen LogP contribution in [0.25, 0.3) is 0 Å². The van der Waals surface area contributed by atoms with Crippen molar-refractivity contribution in [3.63, 3.8) is 0 Å². The zero-order chi connectivity index (χ0) is 9.80. The monoisotopic (exact) mass is 209 g/mol. The predicted molar refractivity (Wildman–Crippen MR) is 53.9 cm³/mol. The van der Waals surface area contributed by atoms with Crippen LogP contribution in [0.3, 0.4) is 0 Å². The minimum absolute atomic E-state index is 0.390. The third-order valence-electron chi connectivity index (χ3n) is 1.97. The van der Waals surface area contributed by atoms with Crippen LogP contribution >= 0.6 is 11.3 Å². The lowest BCUT2D eigenvalue weighted by atomic mass is 10.2. The number of aryl methyl sites for hydroxylation is 1. The van der Waals surface area contributed by atoms with Crippen molar-refractivity contribution in [2.24, 2.45) is 0 Å². The van der Waals surface area contributed by atoms with Crippen molar-refractivity contribution in [1.29, 1.82) is 0 Å². The standard InChI is InChI=1S/C9H11N3OS/c13-8(9-2-1-5-14-9)3-4-12-7-10-6-11-12/h1-2,5-8,13H,3-4H2. The second-order valence-electron chi connectivity index (χ2n) is 2.98. The molecule has 0 bridgehead atoms. The predicted octanol–water partition coefficient (Wildman–Crippen LogP) is 1.46. The lowest BCUT2D eigenvalue weighted by Crippen LogP contribution is -2.03. The fourth-order valence-corrected chi connectivity index (χ4v) is 1.97. The molecule has 2 heterocycles. The highest BCUT2D eigenvalue weighted by Crippen LogP contribution is 2.21. The number of rotatable bonds is 4. The molecule has 1 N–H and O–H groups in total. The molecule has 0 saturated carbocycles. The molecular weight excluding hydrogens is 198 g/mol. The van der Waals surface area contributed by atoms with E-state index in [0.29, 0.717) is 13.0 Å². The fraction of sp³-hybridized carbons (Fsp3) is 0.333. The van der Waals surface area contributed by atoms with Gasteiger partial charge >= 0.3 is 0 Å². The Bertz CT molecular complexity index is 357. The lowest BCUT2D eigenvalue weighted by molar-refractivity contribution is 0.163. The Kier molecular flexibility index (Phi) is 2.90. The van der Waals surface area contributed by atoms with Crippen molar-refractivity contribution in [3.05, 3.63) is 35.0 Å². The molecule has 4 nitrogen and oxygen atoms in total. The summed E-state index contributed by atoms with van der Waals surface area (Å²) in [5, 5.41) is 15.7. The van der Waals surface area contributed by atoms with E-state index in [1.54, 1.807) is 22.3 Å². The first-order chi connectivity index (χ1) is 6.86. The summed E-state index contributed by atoms with van der Waals surface area (Å²) >= 11 is 1.57. The third kappa shape index (κ3) is 2.18. The van der Waals surface area contributed by atoms with Gasteiger partial charge in [-0.2, -0.15) is 5.10 Å². The SMILES string of the molecule is OC(CCn1cncn1)c1cccs1. The Morgan fingerprint density at radius 1 is 1.57 bits per heavy atom. The molecule has 0 radical (unpaired) electrons. The molecule has 0 aliphatic rings. The van der Waals surface area contributed by atoms with Crippen LogP contribution in [0.1, 0.15) is 17.4 Å². The third-order valence-corrected chi connectivity index (χ3v) is 2.94. The van der Waals surface area contributed by atoms with E-state index < -0.39 is 0 Å². The van der Waals surface area contributed by atoms with Gasteiger partial charge in [-0.1, -0.05) is 6.07 Å². The molecule has 0 fully saturated rings. The summed E-state index contributed by atoms with van der Waals surface area (Å²) in [5.41, 5.74) is 0. The van der Waals surface area contributed by atoms with Crippen LogP contribution < -0.4 is 0 Å². The van der Waals surface area contributed by atoms with E-state index in [4.69, 9.17) is 0 Å². The van der Waals surface area contributed by atoms with Gasteiger partial charge in [-0.3, -0.25) is 4.68 Å². The molecule has 0 spiro atoms. The quantitative estimate of drug-likeness (QED) is 0.829. The van der Waals surface area contributed by atoms with Gasteiger partial charge in [0.05, 0.1) is 6.10 Å². The maximum Gasteiger partial charge on any atom is 0.137 e. The Morgan fingerprint density at radius 3 is 3.14 bits per heavy atom. The van der Waals surface area contributed by atoms with Crippen molar-refractivity contribution >= 4 is 11.3 Å². The van der Waals surface area contributed by atoms with Crippen LogP contribution in [0, 0.1) is 0 Å². The summed E-state index contributed by atoms with van der Waals surface area (Å²) < 4.78 is 1.72. The Hall–Kier alpha value is -1.20. The molecule has 0 aliphatic heterocycles. The molecule has 5 heteroatoms. The van der Waals surface area contributed by atoms with Crippen LogP contribution in [0.15, 0.2) is 30.2 Å². The highest BCUT2D eigenvalue weighted by Gasteiger charge is 2.08. The van der Waals surface area contributed by atoms with E-state index in [2.05, 4.69) is 10.1 Å². The van der Waals surface area contributed by atoms with Gasteiger partial charge in [-0.15, -0.1) is 11.3 Å². The van der Waals surface area contributed by atoms with Crippen molar-refractivity contribution in [3.8, 4) is 0 Å². The molecule has 2 aromatic heterocycles. The number of aromatic nitrogens is 3. The first kappa shape index (κ1) is 9.36. The van der Waals surface area contributed by atoms with Crippen LogP contribution in [-0.2, 0) is 6.54 Å². The van der Waals surface area contributed by atoms with Gasteiger partial charge in [0.2, 0.25) is 0 Å². The average molecular weight is 209 g/mol. The highest BCUT2D eigenvalue weighted by molar-refractivity contribution is 7.10. The summed E-state index contributed by atoms with van der Waals surface area (Å²) in [7, 11) is 0. The molecule has 0 saturated heterocycles. The van der Waals surface area contributed by atoms with Gasteiger partial charge in [0, 0.05) is 11.4 Å². The summed E-state index contributed by atoms with van der Waals surface area (Å²) in [6.45, 7) is 0.694. The number of aliphatic hydroxyl groups is 1. The number of hydrogen-bond acceptors (Lipinski definition) is 4. The maximum atomic E-state index is 9.76. The molecule has 74 valence electrons. The van der Waals surface area contributed by atoms with Gasteiger partial charge in [-0.05, 0) is 17.9 Å². The van der Waals surface area contributed by atoms with Crippen molar-refractivity contribution < 1.29 is 5.11 Å². The largest absolute Gasteiger partial charge is 0.388 e. The molecular formula is C9H11N3OS. The fourth-order valence-electron chi connectivity index (χ4n) is 1.23. The van der Waals surface area contributed by atoms with E-state index in [-0.39, 0.29) is 6.10 Å². The molecule has 2 aromatic rings. The zero-order valence-electron chi connectivity index (χ0n) is 7.58. The number of thiophene rings is 1. The summed E-state index contributed by atoms with van der Waals surface area (Å²) in [6.07, 6.45) is 3.43. The Morgan fingerprint density at radius 2 is 2.50 bits per heavy atom. The zero-order valence-corrected chi connectivity index (χ0v) is 8.39. The minimum Gasteiger partial charge on any atom is -0.388 e. The van der Waals surface area contributed by atoms with Gasteiger partial charge in [-0.25, -0.2) is 4.98 Å². The number of aliphatic hydroxyl groups excluding tert-OH is 1. The van der Waals surface area contributed by atoms with Crippen molar-refractivity contribution in [1.82, 2.24) is 14.8 Å². The van der Waals surface area contributed by atoms with E-state index >= 15 is 0 Å². The summed E-state index contributed by atoms with van der Waals surface area (Å²) in [4.78, 5) is 4.84. The van der Waals surface area contributed by atoms with Gasteiger partial charge < -0.3 is 5.11 Å². The smallest absolute Gasteiger partial charge is 0.137 e. The molecule has 1 unspecified atom stereocenters. The first-order valence-corrected chi connectivity index (χ1v) is 5.28. The molecule has 14 heavy (non-hydrogen) atoms. The van der Waals surface area contributed by atoms with Crippen LogP contribution in [-0.4, -0.2) is 19.9 Å². The molecule has 0 aromatic carbocycles. The van der Waals surface area contributed by atoms with E-state index in [1.165, 1.54) is 6.33 Å². The van der Waals surface area contributed by atoms with Gasteiger partial charge in [0.25, 0.3) is 0 Å². The van der Waals surface area contributed by atoms with E-state index in [0.717, 1.165) is 4.88 Å². The average Bonchev–Trinajstić information content (AvgIpc) is 2.87. The summed E-state index contributed by atoms with van der Waals surface area (Å²) in [6, 6.07) is 3.88. The van der Waals surface area contributed by atoms with Crippen molar-refractivity contribution in [2.45, 2.75) is 19.1 Å².